The minimum absolute atomic E-state index is 0.335. The average Bonchev–Trinajstić information content (AvgIpc) is 3.25. The van der Waals surface area contributed by atoms with Crippen molar-refractivity contribution >= 4 is 45.3 Å². The van der Waals surface area contributed by atoms with Crippen LogP contribution in [-0.4, -0.2) is 36.4 Å². The van der Waals surface area contributed by atoms with E-state index >= 15 is 0 Å². The first-order valence-electron chi connectivity index (χ1n) is 10.3. The van der Waals surface area contributed by atoms with E-state index in [4.69, 9.17) is 4.74 Å². The Labute approximate surface area is 197 Å². The molecule has 2 N–H and O–H groups in total. The fourth-order valence-electron chi connectivity index (χ4n) is 3.74. The van der Waals surface area contributed by atoms with Gasteiger partial charge in [0.2, 0.25) is 0 Å². The Bertz CT molecular complexity index is 1190. The predicted octanol–water partition coefficient (Wildman–Crippen LogP) is 4.87. The molecule has 4 rings (SSSR count). The van der Waals surface area contributed by atoms with Gasteiger partial charge in [0.05, 0.1) is 29.5 Å². The summed E-state index contributed by atoms with van der Waals surface area (Å²) in [6.07, 6.45) is 0. The molecule has 1 aliphatic rings. The van der Waals surface area contributed by atoms with Gasteiger partial charge in [-0.15, -0.1) is 11.3 Å². The van der Waals surface area contributed by atoms with Crippen molar-refractivity contribution in [2.45, 2.75) is 18.7 Å². The van der Waals surface area contributed by atoms with E-state index in [0.29, 0.717) is 64.3 Å². The molecule has 174 valence electrons. The molecular weight excluding hydrogens is 468 g/mol. The van der Waals surface area contributed by atoms with E-state index in [0.717, 1.165) is 0 Å². The fraction of sp³-hybridized carbons (Fsp3) is 0.261. The molecule has 2 heterocycles. The van der Waals surface area contributed by atoms with Gasteiger partial charge in [0.15, 0.2) is 0 Å². The molecule has 0 spiro atoms. The van der Waals surface area contributed by atoms with Gasteiger partial charge in [-0.1, -0.05) is 0 Å². The summed E-state index contributed by atoms with van der Waals surface area (Å²) in [6.45, 7) is 5.71. The molecular formula is C23H23F2N3O3S2. The number of hydrogen-bond acceptors (Lipinski definition) is 5. The Kier molecular flexibility index (Phi) is 7.06. The number of hydrogen-bond donors (Lipinski definition) is 2. The number of morpholine rings is 1. The molecule has 0 saturated carbocycles. The zero-order valence-electron chi connectivity index (χ0n) is 18.1. The average molecular weight is 492 g/mol. The molecule has 1 amide bonds. The molecule has 1 fully saturated rings. The van der Waals surface area contributed by atoms with E-state index in [1.165, 1.54) is 41.7 Å². The minimum Gasteiger partial charge on any atom is -0.378 e. The number of rotatable bonds is 6. The lowest BCUT2D eigenvalue weighted by molar-refractivity contribution is 0.103. The molecule has 0 aliphatic carbocycles. The second kappa shape index (κ2) is 9.98. The summed E-state index contributed by atoms with van der Waals surface area (Å²) >= 11 is 1.19. The lowest BCUT2D eigenvalue weighted by Gasteiger charge is -2.31. The third-order valence-corrected chi connectivity index (χ3v) is 7.38. The third kappa shape index (κ3) is 5.07. The second-order valence-corrected chi connectivity index (χ2v) is 9.69. The van der Waals surface area contributed by atoms with Crippen LogP contribution in [0.3, 0.4) is 0 Å². The summed E-state index contributed by atoms with van der Waals surface area (Å²) in [6, 6.07) is 8.37. The molecule has 10 heteroatoms. The number of thiophene rings is 1. The maximum atomic E-state index is 14.8. The number of nitrogens with zero attached hydrogens (tertiary/aromatic N) is 1. The number of halogens is 2. The Morgan fingerprint density at radius 1 is 1.12 bits per heavy atom. The van der Waals surface area contributed by atoms with E-state index in [2.05, 4.69) is 10.0 Å². The zero-order chi connectivity index (χ0) is 23.5. The van der Waals surface area contributed by atoms with Gasteiger partial charge in [-0.3, -0.25) is 9.52 Å². The van der Waals surface area contributed by atoms with Gasteiger partial charge in [-0.25, -0.2) is 13.0 Å². The summed E-state index contributed by atoms with van der Waals surface area (Å²) in [7, 11) is -1.67. The Morgan fingerprint density at radius 2 is 1.82 bits per heavy atom. The number of carbonyl (C=O) groups is 1. The number of benzene rings is 2. The van der Waals surface area contributed by atoms with Gasteiger partial charge in [-0.2, -0.15) is 0 Å². The molecule has 1 aromatic heterocycles. The zero-order valence-corrected chi connectivity index (χ0v) is 19.7. The van der Waals surface area contributed by atoms with Crippen LogP contribution >= 0.6 is 11.3 Å². The van der Waals surface area contributed by atoms with Crippen molar-refractivity contribution in [1.82, 2.24) is 0 Å². The molecule has 6 nitrogen and oxygen atoms in total. The van der Waals surface area contributed by atoms with Crippen LogP contribution in [0.1, 0.15) is 20.8 Å². The van der Waals surface area contributed by atoms with Crippen LogP contribution in [0, 0.1) is 25.5 Å². The van der Waals surface area contributed by atoms with Crippen molar-refractivity contribution in [2.24, 2.45) is 0 Å². The van der Waals surface area contributed by atoms with Crippen LogP contribution in [0.2, 0.25) is 0 Å². The molecule has 1 saturated heterocycles. The highest BCUT2D eigenvalue weighted by Crippen LogP contribution is 2.34. The largest absolute Gasteiger partial charge is 0.378 e. The monoisotopic (exact) mass is 491 g/mol. The first kappa shape index (κ1) is 23.3. The van der Waals surface area contributed by atoms with E-state index in [1.54, 1.807) is 25.3 Å². The molecule has 3 aromatic rings. The molecule has 1 unspecified atom stereocenters. The number of ether oxygens (including phenoxy) is 1. The maximum Gasteiger partial charge on any atom is 0.267 e. The molecule has 0 bridgehead atoms. The van der Waals surface area contributed by atoms with Crippen molar-refractivity contribution in [3.05, 3.63) is 69.4 Å². The fourth-order valence-corrected chi connectivity index (χ4v) is 5.42. The first-order chi connectivity index (χ1) is 15.8. The summed E-state index contributed by atoms with van der Waals surface area (Å²) in [4.78, 5) is 15.8. The highest BCUT2D eigenvalue weighted by Gasteiger charge is 2.23. The molecule has 2 aromatic carbocycles. The van der Waals surface area contributed by atoms with E-state index in [-0.39, 0.29) is 5.82 Å². The highest BCUT2D eigenvalue weighted by molar-refractivity contribution is 7.86. The summed E-state index contributed by atoms with van der Waals surface area (Å²) in [5.74, 6) is -1.15. The van der Waals surface area contributed by atoms with Gasteiger partial charge in [0, 0.05) is 18.8 Å². The Balaban J connectivity index is 1.56. The summed E-state index contributed by atoms with van der Waals surface area (Å²) < 4.78 is 48.8. The Morgan fingerprint density at radius 3 is 2.52 bits per heavy atom. The lowest BCUT2D eigenvalue weighted by Crippen LogP contribution is -2.37. The Hall–Kier alpha value is -2.82. The van der Waals surface area contributed by atoms with Crippen molar-refractivity contribution in [3.63, 3.8) is 0 Å². The molecule has 0 radical (unpaired) electrons. The number of carbonyl (C=O) groups excluding carboxylic acids is 1. The van der Waals surface area contributed by atoms with Crippen LogP contribution in [0.25, 0.3) is 0 Å². The predicted molar refractivity (Wildman–Crippen MR) is 128 cm³/mol. The van der Waals surface area contributed by atoms with Gasteiger partial charge < -0.3 is 15.0 Å². The topological polar surface area (TPSA) is 70.7 Å². The first-order valence-corrected chi connectivity index (χ1v) is 12.3. The lowest BCUT2D eigenvalue weighted by atomic mass is 10.0. The van der Waals surface area contributed by atoms with Gasteiger partial charge in [-0.05, 0) is 66.8 Å². The van der Waals surface area contributed by atoms with Crippen LogP contribution in [-0.2, 0) is 15.7 Å². The number of nitrogens with one attached hydrogen (secondary N) is 2. The number of anilines is 3. The number of aryl methyl sites for hydroxylation is 1. The summed E-state index contributed by atoms with van der Waals surface area (Å²) in [5, 5.41) is 4.62. The van der Waals surface area contributed by atoms with Gasteiger partial charge >= 0.3 is 0 Å². The normalized spacial score (nSPS) is 14.7. The quantitative estimate of drug-likeness (QED) is 0.516. The summed E-state index contributed by atoms with van der Waals surface area (Å²) in [5.41, 5.74) is 2.65. The second-order valence-electron chi connectivity index (χ2n) is 7.57. The minimum atomic E-state index is -1.67. The highest BCUT2D eigenvalue weighted by atomic mass is 32.2. The van der Waals surface area contributed by atoms with Crippen molar-refractivity contribution in [1.29, 1.82) is 0 Å². The van der Waals surface area contributed by atoms with Crippen molar-refractivity contribution < 1.29 is 22.5 Å². The third-order valence-electron chi connectivity index (χ3n) is 5.36. The van der Waals surface area contributed by atoms with Crippen molar-refractivity contribution in [3.8, 4) is 0 Å². The molecule has 1 aliphatic heterocycles. The molecule has 33 heavy (non-hydrogen) atoms. The number of amides is 1. The smallest absolute Gasteiger partial charge is 0.267 e. The van der Waals surface area contributed by atoms with Crippen LogP contribution < -0.4 is 14.9 Å². The molecule has 1 atom stereocenters. The van der Waals surface area contributed by atoms with Crippen LogP contribution in [0.15, 0.2) is 46.7 Å². The maximum absolute atomic E-state index is 14.8. The van der Waals surface area contributed by atoms with Gasteiger partial charge in [0.1, 0.15) is 27.5 Å². The van der Waals surface area contributed by atoms with E-state index in [9.17, 15) is 17.8 Å². The SMILES string of the molecule is Cc1cc(F)c(N2CCOCC2)c(C)c1NC(=O)c1sccc1NS(=O)c1ccc(F)cc1. The van der Waals surface area contributed by atoms with Crippen molar-refractivity contribution in [2.75, 3.05) is 41.2 Å². The van der Waals surface area contributed by atoms with Gasteiger partial charge in [0.25, 0.3) is 5.91 Å². The van der Waals surface area contributed by atoms with E-state index < -0.39 is 22.7 Å². The standard InChI is InChI=1S/C23H23F2N3O3S2/c1-14-13-18(25)21(28-8-10-31-11-9-28)15(2)20(14)26-23(29)22-19(7-12-32-22)27-33(30)17-5-3-16(24)4-6-17/h3-7,12-13,27H,8-11H2,1-2H3,(H,26,29). The van der Waals surface area contributed by atoms with E-state index in [1.807, 2.05) is 4.90 Å². The van der Waals surface area contributed by atoms with Crippen LogP contribution in [0.4, 0.5) is 25.8 Å². The van der Waals surface area contributed by atoms with Crippen LogP contribution in [0.5, 0.6) is 0 Å².